The number of para-hydroxylation sites is 3. The van der Waals surface area contributed by atoms with Crippen molar-refractivity contribution in [2.24, 2.45) is 5.92 Å². The van der Waals surface area contributed by atoms with E-state index in [4.69, 9.17) is 0 Å². The summed E-state index contributed by atoms with van der Waals surface area (Å²) in [6.45, 7) is 0. The summed E-state index contributed by atoms with van der Waals surface area (Å²) < 4.78 is 2.44. The van der Waals surface area contributed by atoms with Crippen molar-refractivity contribution >= 4 is 38.8 Å². The second kappa shape index (κ2) is 21.4. The molecule has 0 radical (unpaired) electrons. The molecular weight excluding hydrogens is 1080 g/mol. The fourth-order valence-electron chi connectivity index (χ4n) is 18.1. The van der Waals surface area contributed by atoms with Crippen molar-refractivity contribution in [1.82, 2.24) is 9.47 Å². The van der Waals surface area contributed by atoms with E-state index in [1.807, 2.05) is 0 Å². The Hall–Kier alpha value is -9.38. The summed E-state index contributed by atoms with van der Waals surface area (Å²) in [6.07, 6.45) is 51.1. The van der Waals surface area contributed by atoms with Gasteiger partial charge in [-0.05, 0) is 217 Å². The predicted molar refractivity (Wildman–Crippen MR) is 370 cm³/mol. The summed E-state index contributed by atoms with van der Waals surface area (Å²) in [5.74, 6) is 0.956. The van der Waals surface area contributed by atoms with Crippen LogP contribution in [-0.2, 0) is 5.41 Å². The zero-order chi connectivity index (χ0) is 58.6. The minimum atomic E-state index is -0.299. The van der Waals surface area contributed by atoms with Gasteiger partial charge >= 0.3 is 0 Å². The Bertz CT molecular complexity index is 4540. The van der Waals surface area contributed by atoms with Crippen molar-refractivity contribution in [3.8, 4) is 16.8 Å². The number of anilines is 2. The van der Waals surface area contributed by atoms with Crippen molar-refractivity contribution in [2.75, 3.05) is 9.80 Å². The smallest absolute Gasteiger partial charge is 0.0686 e. The lowest BCUT2D eigenvalue weighted by molar-refractivity contribution is 0.333. The highest BCUT2D eigenvalue weighted by Gasteiger charge is 2.55. The highest BCUT2D eigenvalue weighted by molar-refractivity contribution is 6.09. The molecule has 0 fully saturated rings. The number of fused-ring (bicyclic) bond motifs is 15. The molecule has 10 aliphatic rings. The van der Waals surface area contributed by atoms with Crippen molar-refractivity contribution < 1.29 is 0 Å². The molecule has 0 N–H and O–H groups in total. The SMILES string of the molecule is C1=CCC2C(=C1)N(C1C=CC(N(C3=CC=C(C4=CC=C(N(c5ccc(-n6c7ccccc7c7ccccc76)cc5)C5C=CC(C6C=CCCC6)=CC5)CC4)CC3)C3CCCC4=C3c3ccccc3C43c4ccccc4-c4ccccc43)=CC1)c1ccccc12. The minimum Gasteiger partial charge on any atom is -0.338 e. The van der Waals surface area contributed by atoms with Gasteiger partial charge in [0.2, 0.25) is 0 Å². The lowest BCUT2D eigenvalue weighted by atomic mass is 9.67. The molecule has 4 nitrogen and oxygen atoms in total. The maximum Gasteiger partial charge on any atom is 0.0686 e. The van der Waals surface area contributed by atoms with Crippen LogP contribution in [0.2, 0.25) is 0 Å². The summed E-state index contributed by atoms with van der Waals surface area (Å²) in [7, 11) is 0. The molecule has 0 bridgehead atoms. The lowest BCUT2D eigenvalue weighted by Gasteiger charge is -2.43. The van der Waals surface area contributed by atoms with E-state index in [-0.39, 0.29) is 23.5 Å². The van der Waals surface area contributed by atoms with E-state index in [1.54, 1.807) is 11.1 Å². The Morgan fingerprint density at radius 2 is 1.16 bits per heavy atom. The van der Waals surface area contributed by atoms with Gasteiger partial charge < -0.3 is 19.3 Å². The van der Waals surface area contributed by atoms with E-state index in [1.165, 1.54) is 137 Å². The standard InChI is InChI=1S/C85H74N4/c1-2-19-57(20-3-1)58-37-43-61(44-38-58)86(63-49-53-66(54-50-63)88-79-32-14-7-23-70(79)71-24-8-15-33-80(71)88)62-45-39-59(40-46-62)60-41-47-64(48-42-60)87(65-51-55-67(56-52-65)89-81-34-16-9-25-72(81)73-26-10-17-35-82(73)89)83-36-18-31-78-84(83)74-27-6-13-30-77(74)85(78)75-28-11-4-21-68(75)69-22-5-12-29-76(69)85/h2,4-17,19,21-25,27-30,32-35,37-39,41,43,45,47,49-55,57,61,67,73,83H,1,3,18,20,26,31,36,40,42,44,46,48,56H2. The second-order valence-corrected chi connectivity index (χ2v) is 26.4. The Morgan fingerprint density at radius 1 is 0.494 bits per heavy atom. The summed E-state index contributed by atoms with van der Waals surface area (Å²) in [5.41, 5.74) is 29.3. The van der Waals surface area contributed by atoms with E-state index in [9.17, 15) is 0 Å². The molecule has 5 unspecified atom stereocenters. The first-order valence-corrected chi connectivity index (χ1v) is 33.4. The van der Waals surface area contributed by atoms with Crippen LogP contribution in [0.15, 0.2) is 306 Å². The molecule has 8 aromatic rings. The van der Waals surface area contributed by atoms with E-state index in [0.717, 1.165) is 64.2 Å². The molecular formula is C85H74N4. The number of hydrogen-bond acceptors (Lipinski definition) is 3. The summed E-state index contributed by atoms with van der Waals surface area (Å²) in [5, 5.41) is 2.58. The third-order valence-corrected chi connectivity index (χ3v) is 21.9. The van der Waals surface area contributed by atoms with Gasteiger partial charge in [-0.25, -0.2) is 0 Å². The molecule has 89 heavy (non-hydrogen) atoms. The first-order chi connectivity index (χ1) is 44.2. The summed E-state index contributed by atoms with van der Waals surface area (Å²) in [6, 6.07) is 65.2. The molecule has 5 atom stereocenters. The fourth-order valence-corrected chi connectivity index (χ4v) is 18.1. The average Bonchev–Trinajstić information content (AvgIpc) is 1.64. The first-order valence-electron chi connectivity index (χ1n) is 33.4. The van der Waals surface area contributed by atoms with Gasteiger partial charge in [-0.1, -0.05) is 194 Å². The molecule has 1 spiro atoms. The second-order valence-electron chi connectivity index (χ2n) is 26.4. The van der Waals surface area contributed by atoms with Crippen LogP contribution >= 0.6 is 0 Å². The third kappa shape index (κ3) is 8.31. The molecule has 1 aliphatic heterocycles. The Morgan fingerprint density at radius 3 is 1.82 bits per heavy atom. The number of aromatic nitrogens is 1. The van der Waals surface area contributed by atoms with Crippen LogP contribution in [0.4, 0.5) is 11.4 Å². The highest BCUT2D eigenvalue weighted by atomic mass is 15.2. The monoisotopic (exact) mass is 1150 g/mol. The summed E-state index contributed by atoms with van der Waals surface area (Å²) in [4.78, 5) is 8.17. The fraction of sp³-hybridized carbons (Fsp3) is 0.224. The quantitative estimate of drug-likeness (QED) is 0.127. The van der Waals surface area contributed by atoms with Crippen molar-refractivity contribution in [1.29, 1.82) is 0 Å². The number of rotatable bonds is 10. The Kier molecular flexibility index (Phi) is 12.7. The molecule has 0 saturated carbocycles. The van der Waals surface area contributed by atoms with Gasteiger partial charge in [0.05, 0.1) is 34.6 Å². The normalized spacial score (nSPS) is 23.3. The number of benzene rings is 7. The van der Waals surface area contributed by atoms with E-state index in [0.29, 0.717) is 11.8 Å². The maximum atomic E-state index is 2.85. The van der Waals surface area contributed by atoms with Crippen LogP contribution in [0.1, 0.15) is 117 Å². The van der Waals surface area contributed by atoms with E-state index < -0.39 is 0 Å². The lowest BCUT2D eigenvalue weighted by Crippen LogP contribution is -2.39. The molecule has 4 heteroatoms. The number of allylic oxidation sites excluding steroid dienone is 18. The van der Waals surface area contributed by atoms with Crippen molar-refractivity contribution in [3.63, 3.8) is 0 Å². The molecule has 0 saturated heterocycles. The van der Waals surface area contributed by atoms with Gasteiger partial charge in [0, 0.05) is 62.5 Å². The Balaban J connectivity index is 0.706. The highest BCUT2D eigenvalue weighted by Crippen LogP contribution is 2.65. The van der Waals surface area contributed by atoms with E-state index in [2.05, 4.69) is 280 Å². The van der Waals surface area contributed by atoms with Crippen LogP contribution in [0.25, 0.3) is 44.2 Å². The van der Waals surface area contributed by atoms with Crippen LogP contribution in [-0.4, -0.2) is 27.6 Å². The van der Waals surface area contributed by atoms with Gasteiger partial charge in [-0.3, -0.25) is 0 Å². The largest absolute Gasteiger partial charge is 0.338 e. The zero-order valence-electron chi connectivity index (χ0n) is 50.7. The van der Waals surface area contributed by atoms with Gasteiger partial charge in [-0.15, -0.1) is 0 Å². The molecule has 9 aliphatic carbocycles. The Labute approximate surface area is 524 Å². The summed E-state index contributed by atoms with van der Waals surface area (Å²) >= 11 is 0. The van der Waals surface area contributed by atoms with Crippen LogP contribution in [0, 0.1) is 5.92 Å². The first kappa shape index (κ1) is 52.7. The molecule has 0 amide bonds. The van der Waals surface area contributed by atoms with E-state index >= 15 is 0 Å². The van der Waals surface area contributed by atoms with Crippen LogP contribution in [0.3, 0.4) is 0 Å². The van der Waals surface area contributed by atoms with Gasteiger partial charge in [0.1, 0.15) is 0 Å². The minimum absolute atomic E-state index is 0.191. The number of hydrogen-bond donors (Lipinski definition) is 0. The topological polar surface area (TPSA) is 14.7 Å². The molecule has 1 aromatic heterocycles. The number of nitrogens with zero attached hydrogens (tertiary/aromatic N) is 4. The van der Waals surface area contributed by atoms with Gasteiger partial charge in [-0.2, -0.15) is 0 Å². The van der Waals surface area contributed by atoms with Crippen LogP contribution < -0.4 is 9.80 Å². The van der Waals surface area contributed by atoms with Gasteiger partial charge in [0.25, 0.3) is 0 Å². The molecule has 7 aromatic carbocycles. The maximum absolute atomic E-state index is 2.85. The zero-order valence-corrected chi connectivity index (χ0v) is 50.7. The molecule has 18 rings (SSSR count). The van der Waals surface area contributed by atoms with Crippen LogP contribution in [0.5, 0.6) is 0 Å². The van der Waals surface area contributed by atoms with Crippen molar-refractivity contribution in [3.05, 3.63) is 334 Å². The predicted octanol–water partition coefficient (Wildman–Crippen LogP) is 20.7. The van der Waals surface area contributed by atoms with Gasteiger partial charge in [0.15, 0.2) is 0 Å². The third-order valence-electron chi connectivity index (χ3n) is 21.9. The molecule has 434 valence electrons. The molecule has 2 heterocycles. The van der Waals surface area contributed by atoms with Crippen molar-refractivity contribution in [2.45, 2.75) is 113 Å². The average molecular weight is 1150 g/mol.